The second kappa shape index (κ2) is 12.4. The summed E-state index contributed by atoms with van der Waals surface area (Å²) in [6, 6.07) is 7.33. The van der Waals surface area contributed by atoms with Gasteiger partial charge in [-0.25, -0.2) is 19.4 Å². The maximum atomic E-state index is 15.0. The van der Waals surface area contributed by atoms with E-state index in [-0.39, 0.29) is 36.3 Å². The van der Waals surface area contributed by atoms with Crippen molar-refractivity contribution in [3.8, 4) is 5.75 Å². The number of anilines is 5. The Morgan fingerprint density at radius 2 is 2.00 bits per heavy atom. The van der Waals surface area contributed by atoms with E-state index in [9.17, 15) is 22.4 Å². The zero-order chi connectivity index (χ0) is 30.7. The lowest BCUT2D eigenvalue weighted by Crippen LogP contribution is -2.41. The van der Waals surface area contributed by atoms with Crippen LogP contribution in [0.4, 0.5) is 46.3 Å². The average Bonchev–Trinajstić information content (AvgIpc) is 3.47. The van der Waals surface area contributed by atoms with Crippen LogP contribution in [0.1, 0.15) is 30.5 Å². The molecule has 3 heterocycles. The molecule has 2 aliphatic rings. The fraction of sp³-hybridized carbons (Fsp3) is 0.345. The summed E-state index contributed by atoms with van der Waals surface area (Å²) in [5.41, 5.74) is 0.188. The Morgan fingerprint density at radius 1 is 1.19 bits per heavy atom. The van der Waals surface area contributed by atoms with Gasteiger partial charge in [0.05, 0.1) is 55.1 Å². The van der Waals surface area contributed by atoms with Crippen LogP contribution in [0.25, 0.3) is 0 Å². The number of carbonyl (C=O) groups is 1. The summed E-state index contributed by atoms with van der Waals surface area (Å²) in [5.74, 6) is -0.809. The summed E-state index contributed by atoms with van der Waals surface area (Å²) in [4.78, 5) is 28.5. The van der Waals surface area contributed by atoms with E-state index in [0.29, 0.717) is 42.9 Å². The summed E-state index contributed by atoms with van der Waals surface area (Å²) in [6.07, 6.45) is -2.20. The van der Waals surface area contributed by atoms with Crippen molar-refractivity contribution in [2.45, 2.75) is 31.7 Å². The van der Waals surface area contributed by atoms with E-state index in [2.05, 4.69) is 32.1 Å². The number of nitrogens with zero attached hydrogens (tertiary/aromatic N) is 4. The number of carbonyl (C=O) groups excluding carboxylic acids is 1. The van der Waals surface area contributed by atoms with Crippen LogP contribution < -0.4 is 25.3 Å². The molecule has 5 rings (SSSR count). The minimum atomic E-state index is -4.84. The van der Waals surface area contributed by atoms with Crippen molar-refractivity contribution in [3.63, 3.8) is 0 Å². The van der Waals surface area contributed by atoms with E-state index in [1.807, 2.05) is 6.92 Å². The number of ether oxygens (including phenoxy) is 2. The van der Waals surface area contributed by atoms with E-state index in [1.165, 1.54) is 42.8 Å². The largest absolute Gasteiger partial charge is 0.494 e. The third-order valence-corrected chi connectivity index (χ3v) is 7.08. The van der Waals surface area contributed by atoms with Crippen molar-refractivity contribution < 1.29 is 36.7 Å². The fourth-order valence-corrected chi connectivity index (χ4v) is 5.10. The van der Waals surface area contributed by atoms with E-state index in [0.717, 1.165) is 5.69 Å². The first-order valence-corrected chi connectivity index (χ1v) is 13.5. The Balaban J connectivity index is 1.46. The number of aromatic nitrogens is 2. The summed E-state index contributed by atoms with van der Waals surface area (Å²) >= 11 is 0. The Morgan fingerprint density at radius 3 is 2.72 bits per heavy atom. The topological polar surface area (TPSA) is 101 Å². The molecule has 2 saturated heterocycles. The fourth-order valence-electron chi connectivity index (χ4n) is 5.10. The summed E-state index contributed by atoms with van der Waals surface area (Å²) in [6.45, 7) is 7.37. The average molecular weight is 603 g/mol. The maximum absolute atomic E-state index is 15.0. The molecule has 2 atom stereocenters. The van der Waals surface area contributed by atoms with Crippen LogP contribution in [0.5, 0.6) is 5.75 Å². The van der Waals surface area contributed by atoms with Crippen LogP contribution in [0.3, 0.4) is 0 Å². The Hall–Kier alpha value is -4.43. The zero-order valence-corrected chi connectivity index (χ0v) is 23.4. The number of nitrogens with one attached hydrogen (secondary N) is 2. The number of hydroxylamine groups is 1. The van der Waals surface area contributed by atoms with Crippen molar-refractivity contribution in [1.29, 1.82) is 0 Å². The molecule has 14 heteroatoms. The number of methoxy groups -OCH3 is 1. The minimum Gasteiger partial charge on any atom is -0.494 e. The number of rotatable bonds is 8. The molecule has 0 saturated carbocycles. The summed E-state index contributed by atoms with van der Waals surface area (Å²) in [5, 5.41) is 7.27. The SMILES string of the molecule is C=CC(=O)Nc1cc(Nc2cc(N3OCCC3c3cccc(C(F)(F)F)c3F)ncn2)c(OC)cc1N1CCOC(C)C1. The van der Waals surface area contributed by atoms with Crippen LogP contribution >= 0.6 is 0 Å². The van der Waals surface area contributed by atoms with Gasteiger partial charge in [0.2, 0.25) is 5.91 Å². The van der Waals surface area contributed by atoms with Crippen molar-refractivity contribution >= 4 is 34.6 Å². The second-order valence-electron chi connectivity index (χ2n) is 9.95. The molecule has 2 unspecified atom stereocenters. The number of hydrogen-bond donors (Lipinski definition) is 2. The molecule has 1 amide bonds. The van der Waals surface area contributed by atoms with Crippen molar-refractivity contribution in [1.82, 2.24) is 9.97 Å². The third-order valence-electron chi connectivity index (χ3n) is 7.08. The first-order valence-electron chi connectivity index (χ1n) is 13.5. The number of morpholine rings is 1. The molecule has 3 aromatic rings. The highest BCUT2D eigenvalue weighted by Crippen LogP contribution is 2.41. The third kappa shape index (κ3) is 6.49. The molecule has 0 aliphatic carbocycles. The zero-order valence-electron chi connectivity index (χ0n) is 23.4. The van der Waals surface area contributed by atoms with Crippen molar-refractivity contribution in [3.05, 3.63) is 72.3 Å². The van der Waals surface area contributed by atoms with Gasteiger partial charge in [0.1, 0.15) is 23.7 Å². The molecule has 0 radical (unpaired) electrons. The van der Waals surface area contributed by atoms with Gasteiger partial charge in [0.15, 0.2) is 5.82 Å². The van der Waals surface area contributed by atoms with E-state index in [1.54, 1.807) is 12.1 Å². The van der Waals surface area contributed by atoms with Gasteiger partial charge in [-0.05, 0) is 25.1 Å². The summed E-state index contributed by atoms with van der Waals surface area (Å²) < 4.78 is 66.4. The van der Waals surface area contributed by atoms with Crippen LogP contribution in [0.2, 0.25) is 0 Å². The number of hydrogen-bond acceptors (Lipinski definition) is 9. The van der Waals surface area contributed by atoms with Crippen LogP contribution in [-0.4, -0.2) is 55.4 Å². The van der Waals surface area contributed by atoms with Gasteiger partial charge >= 0.3 is 6.18 Å². The number of halogens is 4. The normalized spacial score (nSPS) is 18.8. The van der Waals surface area contributed by atoms with Gasteiger partial charge in [-0.2, -0.15) is 13.2 Å². The predicted octanol–water partition coefficient (Wildman–Crippen LogP) is 5.62. The predicted molar refractivity (Wildman–Crippen MR) is 152 cm³/mol. The molecule has 228 valence electrons. The lowest BCUT2D eigenvalue weighted by Gasteiger charge is -2.34. The quantitative estimate of drug-likeness (QED) is 0.251. The van der Waals surface area contributed by atoms with E-state index in [4.69, 9.17) is 14.3 Å². The molecular weight excluding hydrogens is 572 g/mol. The molecule has 2 aromatic carbocycles. The van der Waals surface area contributed by atoms with Crippen LogP contribution in [0.15, 0.2) is 55.4 Å². The first kappa shape index (κ1) is 30.0. The standard InChI is InChI=1S/C29H30F4N6O4/c1-4-27(40)37-20-12-21(24(41-3)13-23(20)38-9-11-42-17(2)15-38)36-25-14-26(35-16-34-25)39-22(8-10-43-39)18-6-5-7-19(28(18)30)29(31,32)33/h4-7,12-14,16-17,22H,1,8-11,15H2,2-3H3,(H,37,40)(H,34,35,36). The molecular formula is C29H30F4N6O4. The highest BCUT2D eigenvalue weighted by Gasteiger charge is 2.38. The number of amides is 1. The molecule has 2 aliphatic heterocycles. The maximum Gasteiger partial charge on any atom is 0.419 e. The summed E-state index contributed by atoms with van der Waals surface area (Å²) in [7, 11) is 1.51. The van der Waals surface area contributed by atoms with Gasteiger partial charge in [0, 0.05) is 37.2 Å². The molecule has 10 nitrogen and oxygen atoms in total. The highest BCUT2D eigenvalue weighted by atomic mass is 19.4. The number of alkyl halides is 3. The first-order chi connectivity index (χ1) is 20.6. The Kier molecular flexibility index (Phi) is 8.69. The van der Waals surface area contributed by atoms with E-state index >= 15 is 0 Å². The van der Waals surface area contributed by atoms with Crippen molar-refractivity contribution in [2.75, 3.05) is 54.0 Å². The lowest BCUT2D eigenvalue weighted by atomic mass is 10.0. The second-order valence-corrected chi connectivity index (χ2v) is 9.95. The molecule has 43 heavy (non-hydrogen) atoms. The Labute approximate surface area is 245 Å². The van der Waals surface area contributed by atoms with Gasteiger partial charge in [-0.15, -0.1) is 0 Å². The smallest absolute Gasteiger partial charge is 0.419 e. The van der Waals surface area contributed by atoms with Gasteiger partial charge in [-0.3, -0.25) is 9.63 Å². The molecule has 0 spiro atoms. The minimum absolute atomic E-state index is 0.0130. The van der Waals surface area contributed by atoms with Crippen LogP contribution in [-0.2, 0) is 20.5 Å². The van der Waals surface area contributed by atoms with E-state index < -0.39 is 29.5 Å². The lowest BCUT2D eigenvalue weighted by molar-refractivity contribution is -0.140. The molecule has 0 bridgehead atoms. The van der Waals surface area contributed by atoms with Gasteiger partial charge in [0.25, 0.3) is 0 Å². The van der Waals surface area contributed by atoms with Crippen molar-refractivity contribution in [2.24, 2.45) is 0 Å². The van der Waals surface area contributed by atoms with Crippen LogP contribution in [0, 0.1) is 5.82 Å². The Bertz CT molecular complexity index is 1500. The number of benzene rings is 2. The highest BCUT2D eigenvalue weighted by molar-refractivity contribution is 6.02. The monoisotopic (exact) mass is 602 g/mol. The molecule has 2 N–H and O–H groups in total. The molecule has 2 fully saturated rings. The van der Waals surface area contributed by atoms with Gasteiger partial charge < -0.3 is 25.0 Å². The molecule has 1 aromatic heterocycles. The van der Waals surface area contributed by atoms with Gasteiger partial charge in [-0.1, -0.05) is 18.7 Å².